The first-order valence-corrected chi connectivity index (χ1v) is 11.4. The van der Waals surface area contributed by atoms with Crippen molar-refractivity contribution in [2.24, 2.45) is 10.7 Å². The van der Waals surface area contributed by atoms with Gasteiger partial charge in [-0.1, -0.05) is 42.5 Å². The van der Waals surface area contributed by atoms with Crippen molar-refractivity contribution in [1.82, 2.24) is 10.2 Å². The van der Waals surface area contributed by atoms with Gasteiger partial charge in [-0.3, -0.25) is 14.6 Å². The van der Waals surface area contributed by atoms with E-state index in [2.05, 4.69) is 10.3 Å². The summed E-state index contributed by atoms with van der Waals surface area (Å²) in [6.07, 6.45) is 1.47. The van der Waals surface area contributed by atoms with Gasteiger partial charge in [0, 0.05) is 44.7 Å². The molecule has 1 aliphatic heterocycles. The second-order valence-electron chi connectivity index (χ2n) is 8.79. The molecule has 0 saturated heterocycles. The van der Waals surface area contributed by atoms with Crippen LogP contribution in [0.25, 0.3) is 11.3 Å². The number of ketones is 1. The third kappa shape index (κ3) is 4.97. The van der Waals surface area contributed by atoms with Gasteiger partial charge in [0.25, 0.3) is 0 Å². The number of hydrogen-bond acceptors (Lipinski definition) is 5. The smallest absolute Gasteiger partial charge is 0.320 e. The quantitative estimate of drug-likeness (QED) is 0.239. The Morgan fingerprint density at radius 3 is 2.76 bits per heavy atom. The van der Waals surface area contributed by atoms with Crippen LogP contribution in [0.2, 0.25) is 0 Å². The number of nitrogens with zero attached hydrogens (tertiary/aromatic N) is 2. The van der Waals surface area contributed by atoms with Crippen LogP contribution in [0.3, 0.4) is 0 Å². The van der Waals surface area contributed by atoms with Gasteiger partial charge in [-0.05, 0) is 29.5 Å². The molecule has 0 spiro atoms. The average Bonchev–Trinajstić information content (AvgIpc) is 3.36. The van der Waals surface area contributed by atoms with Crippen molar-refractivity contribution in [2.45, 2.75) is 38.5 Å². The van der Waals surface area contributed by atoms with Gasteiger partial charge in [-0.25, -0.2) is 0 Å². The average molecular weight is 463 g/mol. The van der Waals surface area contributed by atoms with E-state index in [1.165, 1.54) is 0 Å². The molecule has 1 heterocycles. The van der Waals surface area contributed by atoms with Gasteiger partial charge in [0.15, 0.2) is 11.7 Å². The maximum Gasteiger partial charge on any atom is 0.320 e. The number of nitrogens with one attached hydrogen (secondary N) is 1. The number of nitrogens with two attached hydrogens (primary N) is 1. The van der Waals surface area contributed by atoms with Crippen molar-refractivity contribution >= 4 is 29.0 Å². The molecular weight excluding hydrogens is 432 g/mol. The molecule has 0 fully saturated rings. The maximum atomic E-state index is 12.7. The number of rotatable bonds is 8. The minimum Gasteiger partial charge on any atom is -0.487 e. The Labute approximate surface area is 199 Å². The molecule has 0 radical (unpaired) electrons. The third-order valence-electron chi connectivity index (χ3n) is 6.16. The summed E-state index contributed by atoms with van der Waals surface area (Å²) in [6, 6.07) is 13.1. The number of hydrogen-bond donors (Lipinski definition) is 3. The van der Waals surface area contributed by atoms with Crippen LogP contribution in [0.1, 0.15) is 40.7 Å². The first-order chi connectivity index (χ1) is 16.3. The number of aliphatic carboxylic acids is 1. The predicted molar refractivity (Wildman–Crippen MR) is 131 cm³/mol. The number of allylic oxidation sites excluding steroid dienone is 1. The summed E-state index contributed by atoms with van der Waals surface area (Å²) >= 11 is 0. The monoisotopic (exact) mass is 462 g/mol. The Hall–Kier alpha value is -3.65. The molecule has 8 nitrogen and oxygen atoms in total. The minimum absolute atomic E-state index is 0.0794. The van der Waals surface area contributed by atoms with Crippen LogP contribution < -0.4 is 11.1 Å². The second-order valence-corrected chi connectivity index (χ2v) is 8.79. The summed E-state index contributed by atoms with van der Waals surface area (Å²) in [5.41, 5.74) is 11.3. The summed E-state index contributed by atoms with van der Waals surface area (Å²) in [6.45, 7) is 1.29. The summed E-state index contributed by atoms with van der Waals surface area (Å²) in [7, 11) is 3.62. The number of carboxylic acid groups (broad SMARTS) is 1. The van der Waals surface area contributed by atoms with E-state index in [4.69, 9.17) is 10.5 Å². The molecule has 34 heavy (non-hydrogen) atoms. The number of ether oxygens (including phenoxy) is 1. The highest BCUT2D eigenvalue weighted by Crippen LogP contribution is 2.40. The number of carboxylic acids is 1. The normalized spacial score (nSPS) is 17.8. The van der Waals surface area contributed by atoms with Crippen molar-refractivity contribution in [3.8, 4) is 0 Å². The van der Waals surface area contributed by atoms with Crippen LogP contribution in [-0.2, 0) is 33.9 Å². The van der Waals surface area contributed by atoms with Crippen LogP contribution >= 0.6 is 0 Å². The Morgan fingerprint density at radius 2 is 2.00 bits per heavy atom. The van der Waals surface area contributed by atoms with Crippen LogP contribution in [0.15, 0.2) is 47.5 Å². The van der Waals surface area contributed by atoms with Crippen molar-refractivity contribution < 1.29 is 19.4 Å². The molecule has 0 saturated carbocycles. The van der Waals surface area contributed by atoms with E-state index in [0.717, 1.165) is 27.8 Å². The highest BCUT2D eigenvalue weighted by Gasteiger charge is 2.32. The fourth-order valence-electron chi connectivity index (χ4n) is 4.30. The summed E-state index contributed by atoms with van der Waals surface area (Å²) in [5.74, 6) is 0.262. The largest absolute Gasteiger partial charge is 0.487 e. The lowest BCUT2D eigenvalue weighted by Gasteiger charge is -2.15. The first-order valence-electron chi connectivity index (χ1n) is 11.4. The fraction of sp³-hybridized carbons (Fsp3) is 0.346. The molecule has 4 rings (SSSR count). The van der Waals surface area contributed by atoms with Gasteiger partial charge in [-0.15, -0.1) is 0 Å². The van der Waals surface area contributed by atoms with Crippen LogP contribution in [-0.4, -0.2) is 54.4 Å². The number of aliphatic imine (C=N–C) groups is 1. The van der Waals surface area contributed by atoms with E-state index in [1.807, 2.05) is 56.6 Å². The Morgan fingerprint density at radius 1 is 1.21 bits per heavy atom. The van der Waals surface area contributed by atoms with Gasteiger partial charge in [0.2, 0.25) is 0 Å². The molecule has 0 amide bonds. The van der Waals surface area contributed by atoms with E-state index in [0.29, 0.717) is 56.3 Å². The number of carbonyl (C=O) groups excluding carboxylic acids is 1. The van der Waals surface area contributed by atoms with Crippen LogP contribution in [0.4, 0.5) is 0 Å². The fourth-order valence-corrected chi connectivity index (χ4v) is 4.30. The molecule has 0 aromatic heterocycles. The summed E-state index contributed by atoms with van der Waals surface area (Å²) in [5, 5.41) is 12.7. The van der Waals surface area contributed by atoms with Crippen molar-refractivity contribution in [3.63, 3.8) is 0 Å². The molecule has 2 aliphatic rings. The molecule has 0 unspecified atom stereocenters. The Kier molecular flexibility index (Phi) is 6.98. The van der Waals surface area contributed by atoms with E-state index >= 15 is 0 Å². The molecular formula is C26H30N4O4. The number of fused-ring (bicyclic) bond motifs is 2. The minimum atomic E-state index is -0.889. The number of carbonyl (C=O) groups is 2. The molecule has 1 aliphatic carbocycles. The molecule has 1 atom stereocenters. The predicted octanol–water partition coefficient (Wildman–Crippen LogP) is 2.41. The van der Waals surface area contributed by atoms with E-state index in [-0.39, 0.29) is 5.78 Å². The van der Waals surface area contributed by atoms with Crippen molar-refractivity contribution in [1.29, 1.82) is 0 Å². The van der Waals surface area contributed by atoms with Crippen molar-refractivity contribution in [3.05, 3.63) is 70.3 Å². The molecule has 8 heteroatoms. The highest BCUT2D eigenvalue weighted by atomic mass is 16.5. The molecule has 2 aromatic rings. The standard InChI is InChI=1S/C26H30N4O4/c1-30(2)26(27)28-11-5-8-21(25(32)33)29-14-16-9-10-20-18(12-16)15-34-24(20)23-19-7-4-3-6-17(19)13-22(23)31/h3-4,6-7,9-10,12,21,29H,5,8,11,13-15H2,1-2H3,(H2,27,28)(H,32,33)/b24-23+/t21-/m0/s1. The lowest BCUT2D eigenvalue weighted by Crippen LogP contribution is -2.36. The van der Waals surface area contributed by atoms with E-state index in [1.54, 1.807) is 4.90 Å². The first kappa shape index (κ1) is 23.5. The lowest BCUT2D eigenvalue weighted by atomic mass is 9.99. The number of benzene rings is 2. The SMILES string of the molecule is CN(C)C(N)=NCCC[C@H](NCc1ccc2c(c1)CO/C2=C1/C(=O)Cc2ccccc21)C(=O)O. The second kappa shape index (κ2) is 10.1. The van der Waals surface area contributed by atoms with Gasteiger partial charge < -0.3 is 25.8 Å². The van der Waals surface area contributed by atoms with Gasteiger partial charge >= 0.3 is 5.97 Å². The van der Waals surface area contributed by atoms with E-state index < -0.39 is 12.0 Å². The maximum absolute atomic E-state index is 12.7. The number of Topliss-reactive ketones (excluding diaryl/α,β-unsaturated/α-hetero) is 1. The molecule has 2 aromatic carbocycles. The van der Waals surface area contributed by atoms with E-state index in [9.17, 15) is 14.7 Å². The van der Waals surface area contributed by atoms with Gasteiger partial charge in [0.05, 0.1) is 5.57 Å². The summed E-state index contributed by atoms with van der Waals surface area (Å²) in [4.78, 5) is 30.3. The summed E-state index contributed by atoms with van der Waals surface area (Å²) < 4.78 is 5.97. The topological polar surface area (TPSA) is 117 Å². The van der Waals surface area contributed by atoms with Crippen LogP contribution in [0.5, 0.6) is 0 Å². The molecule has 4 N–H and O–H groups in total. The number of guanidine groups is 1. The van der Waals surface area contributed by atoms with Crippen LogP contribution in [0, 0.1) is 0 Å². The third-order valence-corrected chi connectivity index (χ3v) is 6.16. The zero-order chi connectivity index (χ0) is 24.2. The lowest BCUT2D eigenvalue weighted by molar-refractivity contribution is -0.139. The van der Waals surface area contributed by atoms with Gasteiger partial charge in [-0.2, -0.15) is 0 Å². The highest BCUT2D eigenvalue weighted by molar-refractivity contribution is 6.31. The Balaban J connectivity index is 1.42. The molecule has 178 valence electrons. The van der Waals surface area contributed by atoms with Gasteiger partial charge in [0.1, 0.15) is 18.4 Å². The zero-order valence-electron chi connectivity index (χ0n) is 19.5. The van der Waals surface area contributed by atoms with Crippen molar-refractivity contribution in [2.75, 3.05) is 20.6 Å². The Bertz CT molecular complexity index is 1170. The molecule has 0 bridgehead atoms. The zero-order valence-corrected chi connectivity index (χ0v) is 19.5.